The number of carbonyl (C=O) groups excluding carboxylic acids is 1. The first-order chi connectivity index (χ1) is 17.0. The molecule has 7 nitrogen and oxygen atoms in total. The Hall–Kier alpha value is -3.67. The van der Waals surface area contributed by atoms with Gasteiger partial charge in [0.05, 0.1) is 23.6 Å². The molecule has 0 atom stereocenters. The standard InChI is InChI=1S/C28H31N3O4S/c1-28(2,3)30-36(33,34)26-11-6-5-10-25(26)23-14-12-21(13-15-23)16-17-31(20-27(32)35-4)24-9-7-8-22(18-24)19-29/h5-15,18,30H,16-17,20H2,1-4H3. The van der Waals surface area contributed by atoms with E-state index in [0.717, 1.165) is 16.8 Å². The van der Waals surface area contributed by atoms with Crippen molar-refractivity contribution in [1.82, 2.24) is 4.72 Å². The van der Waals surface area contributed by atoms with Gasteiger partial charge in [0.2, 0.25) is 10.0 Å². The van der Waals surface area contributed by atoms with Crippen molar-refractivity contribution >= 4 is 21.7 Å². The molecule has 0 saturated carbocycles. The Bertz CT molecular complexity index is 1350. The molecule has 0 radical (unpaired) electrons. The van der Waals surface area contributed by atoms with E-state index in [-0.39, 0.29) is 17.4 Å². The number of nitrogens with zero attached hydrogens (tertiary/aromatic N) is 2. The van der Waals surface area contributed by atoms with Gasteiger partial charge in [-0.3, -0.25) is 4.79 Å². The van der Waals surface area contributed by atoms with Crippen LogP contribution < -0.4 is 9.62 Å². The van der Waals surface area contributed by atoms with Crippen LogP contribution in [0.15, 0.2) is 77.7 Å². The number of ether oxygens (including phenoxy) is 1. The highest BCUT2D eigenvalue weighted by Crippen LogP contribution is 2.28. The van der Waals surface area contributed by atoms with Crippen LogP contribution in [-0.2, 0) is 26.0 Å². The molecule has 36 heavy (non-hydrogen) atoms. The Morgan fingerprint density at radius 3 is 2.36 bits per heavy atom. The Kier molecular flexibility index (Phi) is 8.51. The van der Waals surface area contributed by atoms with Crippen molar-refractivity contribution in [2.75, 3.05) is 25.1 Å². The summed E-state index contributed by atoms with van der Waals surface area (Å²) < 4.78 is 33.6. The van der Waals surface area contributed by atoms with Gasteiger partial charge in [-0.1, -0.05) is 48.5 Å². The predicted octanol–water partition coefficient (Wildman–Crippen LogP) is 4.52. The molecular formula is C28H31N3O4S. The highest BCUT2D eigenvalue weighted by Gasteiger charge is 2.24. The van der Waals surface area contributed by atoms with Gasteiger partial charge in [-0.15, -0.1) is 0 Å². The molecule has 3 aromatic rings. The average Bonchev–Trinajstić information content (AvgIpc) is 2.85. The number of benzene rings is 3. The first-order valence-corrected chi connectivity index (χ1v) is 13.0. The molecule has 0 bridgehead atoms. The zero-order valence-corrected chi connectivity index (χ0v) is 21.8. The summed E-state index contributed by atoms with van der Waals surface area (Å²) in [5, 5.41) is 9.22. The van der Waals surface area contributed by atoms with E-state index in [4.69, 9.17) is 4.74 Å². The summed E-state index contributed by atoms with van der Waals surface area (Å²) in [5.74, 6) is -0.366. The van der Waals surface area contributed by atoms with Crippen LogP contribution in [-0.4, -0.2) is 40.1 Å². The lowest BCUT2D eigenvalue weighted by atomic mass is 10.0. The van der Waals surface area contributed by atoms with Crippen molar-refractivity contribution in [2.24, 2.45) is 0 Å². The minimum absolute atomic E-state index is 0.0650. The number of carbonyl (C=O) groups is 1. The van der Waals surface area contributed by atoms with Gasteiger partial charge in [-0.2, -0.15) is 5.26 Å². The van der Waals surface area contributed by atoms with Crippen molar-refractivity contribution in [3.63, 3.8) is 0 Å². The van der Waals surface area contributed by atoms with Crippen LogP contribution >= 0.6 is 0 Å². The minimum atomic E-state index is -3.70. The third-order valence-electron chi connectivity index (χ3n) is 5.44. The maximum absolute atomic E-state index is 13.0. The molecule has 0 spiro atoms. The van der Waals surface area contributed by atoms with Gasteiger partial charge < -0.3 is 9.64 Å². The first-order valence-electron chi connectivity index (χ1n) is 11.6. The summed E-state index contributed by atoms with van der Waals surface area (Å²) >= 11 is 0. The number of nitrogens with one attached hydrogen (secondary N) is 1. The van der Waals surface area contributed by atoms with Crippen molar-refractivity contribution in [3.05, 3.63) is 83.9 Å². The lowest BCUT2D eigenvalue weighted by molar-refractivity contribution is -0.138. The largest absolute Gasteiger partial charge is 0.468 e. The first kappa shape index (κ1) is 26.9. The SMILES string of the molecule is COC(=O)CN(CCc1ccc(-c2ccccc2S(=O)(=O)NC(C)(C)C)cc1)c1cccc(C#N)c1. The molecule has 188 valence electrons. The van der Waals surface area contributed by atoms with E-state index in [9.17, 15) is 18.5 Å². The summed E-state index contributed by atoms with van der Waals surface area (Å²) in [7, 11) is -2.36. The van der Waals surface area contributed by atoms with Crippen molar-refractivity contribution in [1.29, 1.82) is 5.26 Å². The van der Waals surface area contributed by atoms with Gasteiger partial charge >= 0.3 is 5.97 Å². The number of sulfonamides is 1. The lowest BCUT2D eigenvalue weighted by Gasteiger charge is -2.24. The van der Waals surface area contributed by atoms with Crippen LogP contribution in [0.1, 0.15) is 31.9 Å². The molecule has 0 aliphatic carbocycles. The molecule has 0 aliphatic rings. The molecule has 0 aromatic heterocycles. The number of hydrogen-bond acceptors (Lipinski definition) is 6. The molecule has 0 heterocycles. The van der Waals surface area contributed by atoms with E-state index >= 15 is 0 Å². The quantitative estimate of drug-likeness (QED) is 0.429. The van der Waals surface area contributed by atoms with Crippen molar-refractivity contribution < 1.29 is 17.9 Å². The summed E-state index contributed by atoms with van der Waals surface area (Å²) in [6.07, 6.45) is 0.638. The fourth-order valence-corrected chi connectivity index (χ4v) is 5.45. The van der Waals surface area contributed by atoms with Crippen molar-refractivity contribution in [3.8, 4) is 17.2 Å². The van der Waals surface area contributed by atoms with Crippen LogP contribution in [0.5, 0.6) is 0 Å². The molecular weight excluding hydrogens is 474 g/mol. The van der Waals surface area contributed by atoms with E-state index < -0.39 is 15.6 Å². The number of esters is 1. The highest BCUT2D eigenvalue weighted by atomic mass is 32.2. The summed E-state index contributed by atoms with van der Waals surface area (Å²) in [6, 6.07) is 23.9. The van der Waals surface area contributed by atoms with E-state index in [1.807, 2.05) is 62.1 Å². The minimum Gasteiger partial charge on any atom is -0.468 e. The van der Waals surface area contributed by atoms with Crippen molar-refractivity contribution in [2.45, 2.75) is 37.6 Å². The van der Waals surface area contributed by atoms with Gasteiger partial charge in [0.1, 0.15) is 6.54 Å². The molecule has 3 aromatic carbocycles. The third-order valence-corrected chi connectivity index (χ3v) is 7.26. The summed E-state index contributed by atoms with van der Waals surface area (Å²) in [4.78, 5) is 14.1. The van der Waals surface area contributed by atoms with Gasteiger partial charge in [0, 0.05) is 23.3 Å². The van der Waals surface area contributed by atoms with Gasteiger partial charge in [0.25, 0.3) is 0 Å². The van der Waals surface area contributed by atoms with E-state index in [1.165, 1.54) is 7.11 Å². The van der Waals surface area contributed by atoms with Crippen LogP contribution in [0.2, 0.25) is 0 Å². The summed E-state index contributed by atoms with van der Waals surface area (Å²) in [6.45, 7) is 6.02. The maximum atomic E-state index is 13.0. The smallest absolute Gasteiger partial charge is 0.325 e. The Morgan fingerprint density at radius 2 is 1.72 bits per heavy atom. The van der Waals surface area contributed by atoms with Crippen LogP contribution in [0.4, 0.5) is 5.69 Å². The average molecular weight is 506 g/mol. The van der Waals surface area contributed by atoms with E-state index in [2.05, 4.69) is 10.8 Å². The molecule has 0 aliphatic heterocycles. The maximum Gasteiger partial charge on any atom is 0.325 e. The number of methoxy groups -OCH3 is 1. The monoisotopic (exact) mass is 505 g/mol. The van der Waals surface area contributed by atoms with Crippen LogP contribution in [0.3, 0.4) is 0 Å². The fourth-order valence-electron chi connectivity index (χ4n) is 3.80. The Labute approximate surface area is 213 Å². The molecule has 3 rings (SSSR count). The Balaban J connectivity index is 1.81. The summed E-state index contributed by atoms with van der Waals surface area (Å²) in [5.41, 5.74) is 3.13. The molecule has 0 unspecified atom stereocenters. The topological polar surface area (TPSA) is 99.5 Å². The molecule has 0 fully saturated rings. The molecule has 0 saturated heterocycles. The number of anilines is 1. The number of hydrogen-bond donors (Lipinski definition) is 1. The second-order valence-corrected chi connectivity index (χ2v) is 11.1. The third kappa shape index (κ3) is 7.17. The van der Waals surface area contributed by atoms with Gasteiger partial charge in [-0.25, -0.2) is 13.1 Å². The van der Waals surface area contributed by atoms with Crippen LogP contribution in [0, 0.1) is 11.3 Å². The number of nitriles is 1. The molecule has 0 amide bonds. The number of rotatable bonds is 9. The zero-order valence-electron chi connectivity index (χ0n) is 21.0. The Morgan fingerprint density at radius 1 is 1.03 bits per heavy atom. The molecule has 8 heteroatoms. The predicted molar refractivity (Wildman–Crippen MR) is 141 cm³/mol. The fraction of sp³-hybridized carbons (Fsp3) is 0.286. The molecule has 1 N–H and O–H groups in total. The zero-order chi connectivity index (χ0) is 26.3. The second-order valence-electron chi connectivity index (χ2n) is 9.46. The lowest BCUT2D eigenvalue weighted by Crippen LogP contribution is -2.40. The van der Waals surface area contributed by atoms with Gasteiger partial charge in [-0.05, 0) is 62.6 Å². The normalized spacial score (nSPS) is 11.5. The van der Waals surface area contributed by atoms with E-state index in [0.29, 0.717) is 24.1 Å². The van der Waals surface area contributed by atoms with Crippen LogP contribution in [0.25, 0.3) is 11.1 Å². The highest BCUT2D eigenvalue weighted by molar-refractivity contribution is 7.89. The second kappa shape index (κ2) is 11.4. The van der Waals surface area contributed by atoms with E-state index in [1.54, 1.807) is 36.4 Å². The van der Waals surface area contributed by atoms with Gasteiger partial charge in [0.15, 0.2) is 0 Å².